The lowest BCUT2D eigenvalue weighted by molar-refractivity contribution is 0.0702. The average Bonchev–Trinajstić information content (AvgIpc) is 2.75. The minimum atomic E-state index is -1.00. The molecule has 1 amide bonds. The lowest BCUT2D eigenvalue weighted by Crippen LogP contribution is -2.34. The normalized spacial score (nSPS) is 12.4. The van der Waals surface area contributed by atoms with Crippen molar-refractivity contribution in [2.45, 2.75) is 19.4 Å². The molecule has 6 heteroatoms. The number of hydrogen-bond acceptors (Lipinski definition) is 4. The Morgan fingerprint density at radius 1 is 1.39 bits per heavy atom. The molecule has 0 aromatic carbocycles. The number of carbonyl (C=O) groups excluding carboxylic acids is 1. The molecular formula is C12H18N2O3S. The van der Waals surface area contributed by atoms with Gasteiger partial charge in [-0.3, -0.25) is 4.79 Å². The standard InChI is InChI=1S/C12H18N2O3S/c1-8(6-7-14(2)3)13-11(15)9-4-5-10(18-9)12(16)17/h4-5,8H,6-7H2,1-3H3,(H,13,15)(H,16,17). The van der Waals surface area contributed by atoms with Crippen molar-refractivity contribution in [3.05, 3.63) is 21.9 Å². The van der Waals surface area contributed by atoms with E-state index in [1.54, 1.807) is 6.07 Å². The first-order chi connectivity index (χ1) is 8.40. The van der Waals surface area contributed by atoms with Crippen molar-refractivity contribution < 1.29 is 14.7 Å². The first kappa shape index (κ1) is 14.7. The molecule has 1 rings (SSSR count). The fourth-order valence-corrected chi connectivity index (χ4v) is 2.14. The molecule has 0 bridgehead atoms. The lowest BCUT2D eigenvalue weighted by atomic mass is 10.2. The molecule has 0 aliphatic heterocycles. The highest BCUT2D eigenvalue weighted by Gasteiger charge is 2.14. The Hall–Kier alpha value is -1.40. The number of rotatable bonds is 6. The molecule has 0 aliphatic carbocycles. The van der Waals surface area contributed by atoms with Gasteiger partial charge in [-0.2, -0.15) is 0 Å². The maximum Gasteiger partial charge on any atom is 0.345 e. The lowest BCUT2D eigenvalue weighted by Gasteiger charge is -2.16. The zero-order valence-corrected chi connectivity index (χ0v) is 11.6. The maximum absolute atomic E-state index is 11.8. The summed E-state index contributed by atoms with van der Waals surface area (Å²) in [6.07, 6.45) is 0.857. The summed E-state index contributed by atoms with van der Waals surface area (Å²) in [5, 5.41) is 11.6. The molecule has 0 fully saturated rings. The van der Waals surface area contributed by atoms with Crippen LogP contribution in [0, 0.1) is 0 Å². The third kappa shape index (κ3) is 4.46. The summed E-state index contributed by atoms with van der Waals surface area (Å²) in [7, 11) is 3.96. The Labute approximate surface area is 110 Å². The van der Waals surface area contributed by atoms with Gasteiger partial charge in [0.05, 0.1) is 4.88 Å². The van der Waals surface area contributed by atoms with Crippen LogP contribution < -0.4 is 5.32 Å². The minimum absolute atomic E-state index is 0.0651. The SMILES string of the molecule is CC(CCN(C)C)NC(=O)c1ccc(C(=O)O)s1. The first-order valence-corrected chi connectivity index (χ1v) is 6.50. The number of carboxylic acids is 1. The summed E-state index contributed by atoms with van der Waals surface area (Å²) in [5.74, 6) is -1.21. The Balaban J connectivity index is 2.51. The van der Waals surface area contributed by atoms with Crippen LogP contribution in [0.5, 0.6) is 0 Å². The number of aromatic carboxylic acids is 1. The van der Waals surface area contributed by atoms with Crippen molar-refractivity contribution in [1.82, 2.24) is 10.2 Å². The number of nitrogens with one attached hydrogen (secondary N) is 1. The highest BCUT2D eigenvalue weighted by molar-refractivity contribution is 7.15. The van der Waals surface area contributed by atoms with Crippen molar-refractivity contribution in [2.24, 2.45) is 0 Å². The number of carboxylic acid groups (broad SMARTS) is 1. The van der Waals surface area contributed by atoms with Crippen molar-refractivity contribution in [2.75, 3.05) is 20.6 Å². The summed E-state index contributed by atoms with van der Waals surface area (Å²) in [4.78, 5) is 25.2. The van der Waals surface area contributed by atoms with E-state index in [-0.39, 0.29) is 16.8 Å². The zero-order valence-electron chi connectivity index (χ0n) is 10.8. The number of nitrogens with zero attached hydrogens (tertiary/aromatic N) is 1. The van der Waals surface area contributed by atoms with Gasteiger partial charge < -0.3 is 15.3 Å². The van der Waals surface area contributed by atoms with Gasteiger partial charge in [-0.05, 0) is 46.1 Å². The molecule has 1 aromatic rings. The van der Waals surface area contributed by atoms with Gasteiger partial charge >= 0.3 is 5.97 Å². The second-order valence-corrected chi connectivity index (χ2v) is 5.52. The van der Waals surface area contributed by atoms with E-state index in [2.05, 4.69) is 10.2 Å². The van der Waals surface area contributed by atoms with Crippen molar-refractivity contribution in [3.8, 4) is 0 Å². The minimum Gasteiger partial charge on any atom is -0.477 e. The fourth-order valence-electron chi connectivity index (χ4n) is 1.39. The van der Waals surface area contributed by atoms with E-state index >= 15 is 0 Å². The number of amides is 1. The fraction of sp³-hybridized carbons (Fsp3) is 0.500. The maximum atomic E-state index is 11.8. The Kier molecular flexibility index (Phi) is 5.30. The van der Waals surface area contributed by atoms with Gasteiger partial charge in [-0.25, -0.2) is 4.79 Å². The van der Waals surface area contributed by atoms with Gasteiger partial charge in [0, 0.05) is 6.04 Å². The van der Waals surface area contributed by atoms with E-state index in [9.17, 15) is 9.59 Å². The van der Waals surface area contributed by atoms with Crippen molar-refractivity contribution in [1.29, 1.82) is 0 Å². The molecule has 0 aliphatic rings. The molecule has 2 N–H and O–H groups in total. The summed E-state index contributed by atoms with van der Waals surface area (Å²) in [6, 6.07) is 3.06. The topological polar surface area (TPSA) is 69.6 Å². The molecule has 18 heavy (non-hydrogen) atoms. The molecule has 100 valence electrons. The van der Waals surface area contributed by atoms with Gasteiger partial charge in [0.2, 0.25) is 0 Å². The molecule has 0 saturated heterocycles. The molecular weight excluding hydrogens is 252 g/mol. The highest BCUT2D eigenvalue weighted by Crippen LogP contribution is 2.16. The smallest absolute Gasteiger partial charge is 0.345 e. The van der Waals surface area contributed by atoms with E-state index in [4.69, 9.17) is 5.11 Å². The van der Waals surface area contributed by atoms with E-state index in [1.165, 1.54) is 6.07 Å². The predicted octanol–water partition coefficient (Wildman–Crippen LogP) is 1.52. The second kappa shape index (κ2) is 6.51. The summed E-state index contributed by atoms with van der Waals surface area (Å²) in [6.45, 7) is 2.83. The quantitative estimate of drug-likeness (QED) is 0.822. The third-order valence-corrected chi connectivity index (χ3v) is 3.50. The van der Waals surface area contributed by atoms with E-state index in [1.807, 2.05) is 21.0 Å². The Bertz CT molecular complexity index is 429. The molecule has 1 heterocycles. The Morgan fingerprint density at radius 3 is 2.50 bits per heavy atom. The monoisotopic (exact) mass is 270 g/mol. The van der Waals surface area contributed by atoms with Crippen LogP contribution in [0.4, 0.5) is 0 Å². The van der Waals surface area contributed by atoms with Crippen LogP contribution in [0.25, 0.3) is 0 Å². The predicted molar refractivity (Wildman–Crippen MR) is 71.4 cm³/mol. The molecule has 0 spiro atoms. The van der Waals surface area contributed by atoms with Gasteiger partial charge in [0.15, 0.2) is 0 Å². The van der Waals surface area contributed by atoms with Crippen LogP contribution in [0.2, 0.25) is 0 Å². The van der Waals surface area contributed by atoms with Crippen LogP contribution in [-0.2, 0) is 0 Å². The Morgan fingerprint density at radius 2 is 2.00 bits per heavy atom. The zero-order chi connectivity index (χ0) is 13.7. The van der Waals surface area contributed by atoms with E-state index in [0.717, 1.165) is 24.3 Å². The van der Waals surface area contributed by atoms with E-state index in [0.29, 0.717) is 4.88 Å². The first-order valence-electron chi connectivity index (χ1n) is 5.69. The summed E-state index contributed by atoms with van der Waals surface area (Å²) >= 11 is 0.993. The van der Waals surface area contributed by atoms with Crippen molar-refractivity contribution >= 4 is 23.2 Å². The second-order valence-electron chi connectivity index (χ2n) is 4.44. The van der Waals surface area contributed by atoms with Gasteiger partial charge in [-0.15, -0.1) is 11.3 Å². The van der Waals surface area contributed by atoms with Gasteiger partial charge in [-0.1, -0.05) is 0 Å². The van der Waals surface area contributed by atoms with Crippen LogP contribution >= 0.6 is 11.3 Å². The molecule has 0 saturated carbocycles. The summed E-state index contributed by atoms with van der Waals surface area (Å²) < 4.78 is 0. The van der Waals surface area contributed by atoms with Gasteiger partial charge in [0.1, 0.15) is 4.88 Å². The van der Waals surface area contributed by atoms with Crippen molar-refractivity contribution in [3.63, 3.8) is 0 Å². The number of hydrogen-bond donors (Lipinski definition) is 2. The molecule has 5 nitrogen and oxygen atoms in total. The summed E-state index contributed by atoms with van der Waals surface area (Å²) in [5.41, 5.74) is 0. The third-order valence-electron chi connectivity index (χ3n) is 2.43. The molecule has 0 radical (unpaired) electrons. The largest absolute Gasteiger partial charge is 0.477 e. The van der Waals surface area contributed by atoms with Crippen LogP contribution in [-0.4, -0.2) is 48.6 Å². The van der Waals surface area contributed by atoms with Gasteiger partial charge in [0.25, 0.3) is 5.91 Å². The van der Waals surface area contributed by atoms with Crippen LogP contribution in [0.1, 0.15) is 32.7 Å². The number of thiophene rings is 1. The molecule has 1 atom stereocenters. The van der Waals surface area contributed by atoms with Crippen LogP contribution in [0.3, 0.4) is 0 Å². The molecule has 1 unspecified atom stereocenters. The number of carbonyl (C=O) groups is 2. The molecule has 1 aromatic heterocycles. The highest BCUT2D eigenvalue weighted by atomic mass is 32.1. The van der Waals surface area contributed by atoms with Crippen LogP contribution in [0.15, 0.2) is 12.1 Å². The average molecular weight is 270 g/mol. The van der Waals surface area contributed by atoms with E-state index < -0.39 is 5.97 Å².